The highest BCUT2D eigenvalue weighted by molar-refractivity contribution is 7.90. The van der Waals surface area contributed by atoms with E-state index in [-0.39, 0.29) is 11.3 Å². The minimum atomic E-state index is -3.02. The monoisotopic (exact) mass is 260 g/mol. The summed E-state index contributed by atoms with van der Waals surface area (Å²) in [5, 5.41) is -0.0945. The molecular weight excluding hydrogens is 236 g/mol. The van der Waals surface area contributed by atoms with E-state index in [4.69, 9.17) is 0 Å². The van der Waals surface area contributed by atoms with Crippen molar-refractivity contribution in [2.24, 2.45) is 5.92 Å². The quantitative estimate of drug-likeness (QED) is 0.808. The van der Waals surface area contributed by atoms with Crippen molar-refractivity contribution in [3.63, 3.8) is 0 Å². The maximum absolute atomic E-state index is 11.9. The first-order chi connectivity index (χ1) is 7.97. The summed E-state index contributed by atoms with van der Waals surface area (Å²) in [6.45, 7) is 7.47. The molecule has 1 saturated carbocycles. The smallest absolute Gasteiger partial charge is 0.214 e. The molecule has 2 fully saturated rings. The van der Waals surface area contributed by atoms with Gasteiger partial charge in [0, 0.05) is 19.1 Å². The van der Waals surface area contributed by atoms with Gasteiger partial charge in [0.2, 0.25) is 10.0 Å². The molecule has 2 rings (SSSR count). The summed E-state index contributed by atoms with van der Waals surface area (Å²) < 4.78 is 26.6. The molecule has 0 aromatic carbocycles. The first-order valence-corrected chi connectivity index (χ1v) is 8.25. The number of hydrogen-bond donors (Lipinski definition) is 1. The largest absolute Gasteiger partial charge is 0.301 e. The van der Waals surface area contributed by atoms with E-state index >= 15 is 0 Å². The zero-order valence-electron chi connectivity index (χ0n) is 10.9. The van der Waals surface area contributed by atoms with Gasteiger partial charge in [-0.3, -0.25) is 0 Å². The number of piperidine rings is 1. The lowest BCUT2D eigenvalue weighted by Crippen LogP contribution is -2.49. The Labute approximate surface area is 105 Å². The molecule has 0 aromatic rings. The highest BCUT2D eigenvalue weighted by Crippen LogP contribution is 2.28. The third kappa shape index (κ3) is 3.93. The maximum Gasteiger partial charge on any atom is 0.214 e. The van der Waals surface area contributed by atoms with Crippen molar-refractivity contribution in [1.29, 1.82) is 0 Å². The minimum absolute atomic E-state index is 0.0945. The van der Waals surface area contributed by atoms with E-state index in [9.17, 15) is 8.42 Å². The van der Waals surface area contributed by atoms with Crippen molar-refractivity contribution < 1.29 is 8.42 Å². The zero-order valence-corrected chi connectivity index (χ0v) is 11.7. The number of nitrogens with zero attached hydrogens (tertiary/aromatic N) is 1. The SMILES string of the molecule is CC(C)CN1CCCC(NS(=O)(=O)C2CC2)C1. The Morgan fingerprint density at radius 3 is 2.59 bits per heavy atom. The molecule has 100 valence electrons. The molecule has 1 heterocycles. The Balaban J connectivity index is 1.84. The second-order valence-electron chi connectivity index (χ2n) is 5.85. The van der Waals surface area contributed by atoms with Crippen LogP contribution >= 0.6 is 0 Å². The van der Waals surface area contributed by atoms with Crippen LogP contribution in [0.3, 0.4) is 0 Å². The molecule has 4 nitrogen and oxygen atoms in total. The van der Waals surface area contributed by atoms with Crippen molar-refractivity contribution in [2.75, 3.05) is 19.6 Å². The first kappa shape index (κ1) is 13.3. The lowest BCUT2D eigenvalue weighted by Gasteiger charge is -2.33. The average Bonchev–Trinajstić information content (AvgIpc) is 2.98. The Morgan fingerprint density at radius 1 is 1.29 bits per heavy atom. The molecule has 17 heavy (non-hydrogen) atoms. The van der Waals surface area contributed by atoms with Crippen molar-refractivity contribution >= 4 is 10.0 Å². The number of hydrogen-bond acceptors (Lipinski definition) is 3. The van der Waals surface area contributed by atoms with Crippen LogP contribution in [0.15, 0.2) is 0 Å². The van der Waals surface area contributed by atoms with Crippen molar-refractivity contribution in [2.45, 2.75) is 50.8 Å². The number of sulfonamides is 1. The molecule has 1 aliphatic carbocycles. The van der Waals surface area contributed by atoms with Crippen molar-refractivity contribution in [3.05, 3.63) is 0 Å². The van der Waals surface area contributed by atoms with Crippen LogP contribution in [0.25, 0.3) is 0 Å². The van der Waals surface area contributed by atoms with E-state index in [1.54, 1.807) is 0 Å². The van der Waals surface area contributed by atoms with E-state index in [0.29, 0.717) is 5.92 Å². The summed E-state index contributed by atoms with van der Waals surface area (Å²) in [7, 11) is -3.02. The third-order valence-corrected chi connectivity index (χ3v) is 5.43. The molecule has 1 unspecified atom stereocenters. The van der Waals surface area contributed by atoms with Crippen LogP contribution < -0.4 is 4.72 Å². The second-order valence-corrected chi connectivity index (χ2v) is 7.85. The number of rotatable bonds is 5. The Morgan fingerprint density at radius 2 is 2.00 bits per heavy atom. The fourth-order valence-electron chi connectivity index (χ4n) is 2.54. The predicted molar refractivity (Wildman–Crippen MR) is 69.4 cm³/mol. The molecule has 5 heteroatoms. The van der Waals surface area contributed by atoms with Gasteiger partial charge in [-0.1, -0.05) is 13.8 Å². The third-order valence-electron chi connectivity index (χ3n) is 3.42. The van der Waals surface area contributed by atoms with Gasteiger partial charge >= 0.3 is 0 Å². The van der Waals surface area contributed by atoms with Crippen LogP contribution in [0.2, 0.25) is 0 Å². The maximum atomic E-state index is 11.9. The molecule has 1 saturated heterocycles. The van der Waals surface area contributed by atoms with E-state index in [1.807, 2.05) is 0 Å². The van der Waals surface area contributed by atoms with Crippen LogP contribution in [-0.4, -0.2) is 44.2 Å². The summed E-state index contributed by atoms with van der Waals surface area (Å²) >= 11 is 0. The molecule has 0 spiro atoms. The number of likely N-dealkylation sites (tertiary alicyclic amines) is 1. The summed E-state index contributed by atoms with van der Waals surface area (Å²) in [5.74, 6) is 0.647. The Bertz CT molecular complexity index is 350. The van der Waals surface area contributed by atoms with Gasteiger partial charge in [-0.05, 0) is 38.1 Å². The van der Waals surface area contributed by atoms with Gasteiger partial charge in [0.1, 0.15) is 0 Å². The molecule has 0 amide bonds. The second kappa shape index (κ2) is 5.24. The van der Waals surface area contributed by atoms with E-state index in [1.165, 1.54) is 0 Å². The van der Waals surface area contributed by atoms with Crippen LogP contribution in [0, 0.1) is 5.92 Å². The lowest BCUT2D eigenvalue weighted by molar-refractivity contribution is 0.183. The highest BCUT2D eigenvalue weighted by atomic mass is 32.2. The molecule has 1 N–H and O–H groups in total. The highest BCUT2D eigenvalue weighted by Gasteiger charge is 2.37. The van der Waals surface area contributed by atoms with E-state index < -0.39 is 10.0 Å². The summed E-state index contributed by atoms with van der Waals surface area (Å²) in [6.07, 6.45) is 3.78. The summed E-state index contributed by atoms with van der Waals surface area (Å²) in [4.78, 5) is 2.38. The van der Waals surface area contributed by atoms with Crippen LogP contribution in [-0.2, 0) is 10.0 Å². The molecule has 2 aliphatic rings. The normalized spacial score (nSPS) is 27.6. The minimum Gasteiger partial charge on any atom is -0.301 e. The van der Waals surface area contributed by atoms with Crippen LogP contribution in [0.4, 0.5) is 0 Å². The van der Waals surface area contributed by atoms with Gasteiger partial charge in [-0.25, -0.2) is 13.1 Å². The lowest BCUT2D eigenvalue weighted by atomic mass is 10.1. The van der Waals surface area contributed by atoms with E-state index in [0.717, 1.165) is 45.3 Å². The molecule has 1 aliphatic heterocycles. The van der Waals surface area contributed by atoms with Crippen molar-refractivity contribution in [3.8, 4) is 0 Å². The molecule has 0 aromatic heterocycles. The zero-order chi connectivity index (χ0) is 12.5. The van der Waals surface area contributed by atoms with Gasteiger partial charge in [-0.15, -0.1) is 0 Å². The number of nitrogens with one attached hydrogen (secondary N) is 1. The van der Waals surface area contributed by atoms with Crippen LogP contribution in [0.1, 0.15) is 39.5 Å². The Hall–Kier alpha value is -0.130. The predicted octanol–water partition coefficient (Wildman–Crippen LogP) is 1.19. The van der Waals surface area contributed by atoms with Gasteiger partial charge in [-0.2, -0.15) is 0 Å². The molecule has 1 atom stereocenters. The molecule has 0 bridgehead atoms. The van der Waals surface area contributed by atoms with Gasteiger partial charge in [0.15, 0.2) is 0 Å². The van der Waals surface area contributed by atoms with Gasteiger partial charge in [0.05, 0.1) is 5.25 Å². The fourth-order valence-corrected chi connectivity index (χ4v) is 4.15. The summed E-state index contributed by atoms with van der Waals surface area (Å²) in [6, 6.07) is 0.132. The fraction of sp³-hybridized carbons (Fsp3) is 1.00. The average molecular weight is 260 g/mol. The first-order valence-electron chi connectivity index (χ1n) is 6.71. The van der Waals surface area contributed by atoms with Crippen molar-refractivity contribution in [1.82, 2.24) is 9.62 Å². The van der Waals surface area contributed by atoms with Gasteiger partial charge < -0.3 is 4.90 Å². The standard InChI is InChI=1S/C12H24N2O2S/c1-10(2)8-14-7-3-4-11(9-14)13-17(15,16)12-5-6-12/h10-13H,3-9H2,1-2H3. The molecular formula is C12H24N2O2S. The molecule has 0 radical (unpaired) electrons. The van der Waals surface area contributed by atoms with Gasteiger partial charge in [0.25, 0.3) is 0 Å². The Kier molecular flexibility index (Phi) is 4.10. The topological polar surface area (TPSA) is 49.4 Å². The summed E-state index contributed by atoms with van der Waals surface area (Å²) in [5.41, 5.74) is 0. The van der Waals surface area contributed by atoms with E-state index in [2.05, 4.69) is 23.5 Å². The van der Waals surface area contributed by atoms with Crippen LogP contribution in [0.5, 0.6) is 0 Å².